The number of imidazole rings is 1. The Morgan fingerprint density at radius 2 is 2.15 bits per heavy atom. The first-order valence-electron chi connectivity index (χ1n) is 6.63. The molecule has 7 heteroatoms. The van der Waals surface area contributed by atoms with Crippen LogP contribution < -0.4 is 0 Å². The maximum atomic E-state index is 5.08. The molecule has 20 heavy (non-hydrogen) atoms. The van der Waals surface area contributed by atoms with Gasteiger partial charge in [-0.2, -0.15) is 0 Å². The number of hydrogen-bond donors (Lipinski definition) is 0. The minimum absolute atomic E-state index is 0.661. The van der Waals surface area contributed by atoms with Gasteiger partial charge in [0, 0.05) is 33.4 Å². The zero-order chi connectivity index (χ0) is 14.5. The summed E-state index contributed by atoms with van der Waals surface area (Å²) in [4.78, 5) is 6.69. The number of nitrogens with zero attached hydrogens (tertiary/aromatic N) is 6. The Kier molecular flexibility index (Phi) is 4.86. The lowest BCUT2D eigenvalue weighted by Gasteiger charge is -2.15. The highest BCUT2D eigenvalue weighted by Gasteiger charge is 2.10. The summed E-state index contributed by atoms with van der Waals surface area (Å²) in [5, 5.41) is 8.13. The maximum Gasteiger partial charge on any atom is 0.147 e. The molecule has 0 amide bonds. The van der Waals surface area contributed by atoms with Crippen molar-refractivity contribution in [2.24, 2.45) is 7.05 Å². The van der Waals surface area contributed by atoms with Crippen LogP contribution in [0.2, 0.25) is 0 Å². The lowest BCUT2D eigenvalue weighted by molar-refractivity contribution is 0.184. The van der Waals surface area contributed by atoms with Gasteiger partial charge in [0.25, 0.3) is 0 Å². The second kappa shape index (κ2) is 6.62. The standard InChI is InChI=1S/C13H22N6O/c1-11-15-12(8-18(11)3)7-17(2)9-13-16-14-10-19(13)5-6-20-4/h8,10H,5-7,9H2,1-4H3. The highest BCUT2D eigenvalue weighted by molar-refractivity contribution is 5.02. The highest BCUT2D eigenvalue weighted by Crippen LogP contribution is 2.06. The largest absolute Gasteiger partial charge is 0.383 e. The van der Waals surface area contributed by atoms with Crippen LogP contribution >= 0.6 is 0 Å². The van der Waals surface area contributed by atoms with E-state index in [1.54, 1.807) is 13.4 Å². The summed E-state index contributed by atoms with van der Waals surface area (Å²) >= 11 is 0. The van der Waals surface area contributed by atoms with Crippen LogP contribution in [-0.4, -0.2) is 50.0 Å². The van der Waals surface area contributed by atoms with Crippen LogP contribution in [0.4, 0.5) is 0 Å². The van der Waals surface area contributed by atoms with Crippen LogP contribution in [0.25, 0.3) is 0 Å². The normalized spacial score (nSPS) is 11.4. The predicted octanol–water partition coefficient (Wildman–Crippen LogP) is 0.598. The molecule has 0 aliphatic rings. The van der Waals surface area contributed by atoms with E-state index in [0.29, 0.717) is 6.61 Å². The average Bonchev–Trinajstić information content (AvgIpc) is 2.94. The zero-order valence-electron chi connectivity index (χ0n) is 12.6. The molecule has 0 aromatic carbocycles. The van der Waals surface area contributed by atoms with E-state index in [2.05, 4.69) is 33.3 Å². The van der Waals surface area contributed by atoms with Gasteiger partial charge >= 0.3 is 0 Å². The molecular weight excluding hydrogens is 256 g/mol. The van der Waals surface area contributed by atoms with E-state index in [0.717, 1.165) is 37.0 Å². The van der Waals surface area contributed by atoms with Crippen molar-refractivity contribution in [1.29, 1.82) is 0 Å². The van der Waals surface area contributed by atoms with Crippen LogP contribution in [-0.2, 0) is 31.4 Å². The molecule has 2 aromatic heterocycles. The van der Waals surface area contributed by atoms with Gasteiger partial charge in [0.1, 0.15) is 18.0 Å². The number of ether oxygens (including phenoxy) is 1. The molecule has 7 nitrogen and oxygen atoms in total. The number of rotatable bonds is 7. The molecule has 0 radical (unpaired) electrons. The quantitative estimate of drug-likeness (QED) is 0.742. The van der Waals surface area contributed by atoms with E-state index in [-0.39, 0.29) is 0 Å². The van der Waals surface area contributed by atoms with E-state index >= 15 is 0 Å². The third-order valence-electron chi connectivity index (χ3n) is 3.23. The van der Waals surface area contributed by atoms with Crippen molar-refractivity contribution in [3.05, 3.63) is 29.9 Å². The van der Waals surface area contributed by atoms with Crippen LogP contribution in [0, 0.1) is 6.92 Å². The fourth-order valence-corrected chi connectivity index (χ4v) is 2.06. The van der Waals surface area contributed by atoms with Crippen LogP contribution in [0.5, 0.6) is 0 Å². The van der Waals surface area contributed by atoms with Crippen molar-refractivity contribution >= 4 is 0 Å². The van der Waals surface area contributed by atoms with E-state index in [4.69, 9.17) is 4.74 Å². The van der Waals surface area contributed by atoms with Gasteiger partial charge < -0.3 is 13.9 Å². The average molecular weight is 278 g/mol. The van der Waals surface area contributed by atoms with E-state index in [1.807, 2.05) is 23.1 Å². The molecule has 2 heterocycles. The second-order valence-corrected chi connectivity index (χ2v) is 5.00. The predicted molar refractivity (Wildman–Crippen MR) is 75.0 cm³/mol. The van der Waals surface area contributed by atoms with E-state index < -0.39 is 0 Å². The third kappa shape index (κ3) is 3.64. The molecule has 110 valence electrons. The molecule has 0 N–H and O–H groups in total. The smallest absolute Gasteiger partial charge is 0.147 e. The monoisotopic (exact) mass is 278 g/mol. The SMILES string of the molecule is COCCn1cnnc1CN(C)Cc1cn(C)c(C)n1. The fraction of sp³-hybridized carbons (Fsp3) is 0.615. The van der Waals surface area contributed by atoms with Gasteiger partial charge in [-0.1, -0.05) is 0 Å². The minimum Gasteiger partial charge on any atom is -0.383 e. The van der Waals surface area contributed by atoms with Crippen LogP contribution in [0.15, 0.2) is 12.5 Å². The Balaban J connectivity index is 1.94. The van der Waals surface area contributed by atoms with Crippen molar-refractivity contribution < 1.29 is 4.74 Å². The van der Waals surface area contributed by atoms with Gasteiger partial charge in [-0.25, -0.2) is 4.98 Å². The third-order valence-corrected chi connectivity index (χ3v) is 3.23. The molecule has 0 saturated carbocycles. The van der Waals surface area contributed by atoms with Crippen molar-refractivity contribution in [2.45, 2.75) is 26.6 Å². The minimum atomic E-state index is 0.661. The van der Waals surface area contributed by atoms with Gasteiger partial charge in [-0.15, -0.1) is 10.2 Å². The summed E-state index contributed by atoms with van der Waals surface area (Å²) in [6, 6.07) is 0. The van der Waals surface area contributed by atoms with Gasteiger partial charge in [-0.05, 0) is 14.0 Å². The highest BCUT2D eigenvalue weighted by atomic mass is 16.5. The molecule has 2 aromatic rings. The Labute approximate surface area is 119 Å². The summed E-state index contributed by atoms with van der Waals surface area (Å²) in [7, 11) is 5.76. The zero-order valence-corrected chi connectivity index (χ0v) is 12.6. The van der Waals surface area contributed by atoms with Crippen molar-refractivity contribution in [3.8, 4) is 0 Å². The van der Waals surface area contributed by atoms with Gasteiger partial charge in [0.05, 0.1) is 18.8 Å². The van der Waals surface area contributed by atoms with Crippen molar-refractivity contribution in [3.63, 3.8) is 0 Å². The Bertz CT molecular complexity index is 527. The summed E-state index contributed by atoms with van der Waals surface area (Å²) in [5.41, 5.74) is 1.07. The Morgan fingerprint density at radius 1 is 1.35 bits per heavy atom. The summed E-state index contributed by atoms with van der Waals surface area (Å²) in [6.07, 6.45) is 3.80. The van der Waals surface area contributed by atoms with Gasteiger partial charge in [0.15, 0.2) is 0 Å². The van der Waals surface area contributed by atoms with Gasteiger partial charge in [0.2, 0.25) is 0 Å². The molecule has 0 aliphatic heterocycles. The Hall–Kier alpha value is -1.73. The summed E-state index contributed by atoms with van der Waals surface area (Å²) in [6.45, 7) is 4.96. The molecule has 0 atom stereocenters. The Morgan fingerprint density at radius 3 is 2.80 bits per heavy atom. The fourth-order valence-electron chi connectivity index (χ4n) is 2.06. The molecule has 0 bridgehead atoms. The second-order valence-electron chi connectivity index (χ2n) is 5.00. The topological polar surface area (TPSA) is 61.0 Å². The first kappa shape index (κ1) is 14.7. The summed E-state index contributed by atoms with van der Waals surface area (Å²) in [5.74, 6) is 1.97. The molecule has 0 saturated heterocycles. The van der Waals surface area contributed by atoms with E-state index in [1.165, 1.54) is 0 Å². The molecule has 0 fully saturated rings. The molecule has 2 rings (SSSR count). The number of aryl methyl sites for hydroxylation is 2. The molecule has 0 spiro atoms. The van der Waals surface area contributed by atoms with Crippen molar-refractivity contribution in [1.82, 2.24) is 29.2 Å². The molecule has 0 unspecified atom stereocenters. The van der Waals surface area contributed by atoms with Crippen molar-refractivity contribution in [2.75, 3.05) is 20.8 Å². The van der Waals surface area contributed by atoms with Gasteiger partial charge in [-0.3, -0.25) is 4.90 Å². The first-order chi connectivity index (χ1) is 9.60. The summed E-state index contributed by atoms with van der Waals surface area (Å²) < 4.78 is 9.13. The number of aromatic nitrogens is 5. The lowest BCUT2D eigenvalue weighted by atomic mass is 10.4. The molecule has 0 aliphatic carbocycles. The van der Waals surface area contributed by atoms with Crippen LogP contribution in [0.3, 0.4) is 0 Å². The first-order valence-corrected chi connectivity index (χ1v) is 6.63. The molecular formula is C13H22N6O. The maximum absolute atomic E-state index is 5.08. The lowest BCUT2D eigenvalue weighted by Crippen LogP contribution is -2.21. The number of methoxy groups -OCH3 is 1. The van der Waals surface area contributed by atoms with E-state index in [9.17, 15) is 0 Å². The van der Waals surface area contributed by atoms with Crippen LogP contribution in [0.1, 0.15) is 17.3 Å². The number of hydrogen-bond acceptors (Lipinski definition) is 5.